The van der Waals surface area contributed by atoms with Crippen LogP contribution in [0.4, 0.5) is 0 Å². The highest BCUT2D eigenvalue weighted by atomic mass is 15.0. The van der Waals surface area contributed by atoms with Gasteiger partial charge in [-0.15, -0.1) is 0 Å². The van der Waals surface area contributed by atoms with Crippen LogP contribution in [0, 0.1) is 17.8 Å². The highest BCUT2D eigenvalue weighted by Crippen LogP contribution is 2.49. The minimum atomic E-state index is 0.917. The molecule has 20 heavy (non-hydrogen) atoms. The molecular weight excluding hydrogens is 244 g/mol. The van der Waals surface area contributed by atoms with Crippen LogP contribution in [0.2, 0.25) is 0 Å². The molecule has 0 radical (unpaired) electrons. The van der Waals surface area contributed by atoms with E-state index in [1.54, 1.807) is 0 Å². The topological polar surface area (TPSA) is 17.0 Å². The van der Waals surface area contributed by atoms with Gasteiger partial charge >= 0.3 is 0 Å². The zero-order valence-electron chi connectivity index (χ0n) is 12.3. The number of aromatic nitrogens is 1. The van der Waals surface area contributed by atoms with Crippen LogP contribution >= 0.6 is 0 Å². The van der Waals surface area contributed by atoms with Crippen LogP contribution in [0.15, 0.2) is 30.3 Å². The molecule has 2 saturated carbocycles. The summed E-state index contributed by atoms with van der Waals surface area (Å²) in [5, 5.41) is 4.71. The molecule has 2 nitrogen and oxygen atoms in total. The fraction of sp³-hybridized carbons (Fsp3) is 0.556. The average Bonchev–Trinajstić information content (AvgIpc) is 3.15. The molecule has 0 saturated heterocycles. The quantitative estimate of drug-likeness (QED) is 0.892. The zero-order chi connectivity index (χ0) is 13.5. The Hall–Kier alpha value is -1.28. The number of hydrogen-bond donors (Lipinski definition) is 1. The number of benzene rings is 1. The fourth-order valence-electron chi connectivity index (χ4n) is 4.65. The molecule has 4 rings (SSSR count). The standard InChI is InChI=1S/C18H24N2/c1-19-11-17-10-15-4-2-3-5-18(15)20(17)12-16-9-13-6-7-14(16)8-13/h2-5,10,13-14,16,19H,6-9,11-12H2,1H3. The van der Waals surface area contributed by atoms with Gasteiger partial charge in [0.05, 0.1) is 0 Å². The molecule has 1 aromatic heterocycles. The Bertz CT molecular complexity index is 613. The van der Waals surface area contributed by atoms with Gasteiger partial charge in [-0.2, -0.15) is 0 Å². The van der Waals surface area contributed by atoms with E-state index in [0.29, 0.717) is 0 Å². The minimum Gasteiger partial charge on any atom is -0.343 e. The Labute approximate surface area is 121 Å². The summed E-state index contributed by atoms with van der Waals surface area (Å²) >= 11 is 0. The number of rotatable bonds is 4. The number of fused-ring (bicyclic) bond motifs is 3. The van der Waals surface area contributed by atoms with E-state index in [-0.39, 0.29) is 0 Å². The van der Waals surface area contributed by atoms with E-state index in [9.17, 15) is 0 Å². The smallest absolute Gasteiger partial charge is 0.0483 e. The molecule has 1 aromatic carbocycles. The second-order valence-electron chi connectivity index (χ2n) is 6.77. The first-order chi connectivity index (χ1) is 9.85. The molecule has 2 aromatic rings. The molecule has 1 N–H and O–H groups in total. The maximum Gasteiger partial charge on any atom is 0.0483 e. The Morgan fingerprint density at radius 1 is 1.20 bits per heavy atom. The molecule has 0 spiro atoms. The molecule has 2 bridgehead atoms. The van der Waals surface area contributed by atoms with E-state index in [1.165, 1.54) is 48.8 Å². The fourth-order valence-corrected chi connectivity index (χ4v) is 4.65. The third-order valence-electron chi connectivity index (χ3n) is 5.56. The third-order valence-corrected chi connectivity index (χ3v) is 5.56. The summed E-state index contributed by atoms with van der Waals surface area (Å²) in [5.41, 5.74) is 2.86. The summed E-state index contributed by atoms with van der Waals surface area (Å²) in [7, 11) is 2.04. The first-order valence-electron chi connectivity index (χ1n) is 8.07. The molecule has 1 heterocycles. The predicted molar refractivity (Wildman–Crippen MR) is 83.6 cm³/mol. The lowest BCUT2D eigenvalue weighted by molar-refractivity contribution is 0.296. The third kappa shape index (κ3) is 1.98. The monoisotopic (exact) mass is 268 g/mol. The summed E-state index contributed by atoms with van der Waals surface area (Å²) in [5.74, 6) is 2.96. The van der Waals surface area contributed by atoms with E-state index in [0.717, 1.165) is 24.3 Å². The van der Waals surface area contributed by atoms with E-state index in [4.69, 9.17) is 0 Å². The van der Waals surface area contributed by atoms with Crippen molar-refractivity contribution < 1.29 is 0 Å². The SMILES string of the molecule is CNCc1cc2ccccc2n1CC1CC2CCC1C2. The highest BCUT2D eigenvalue weighted by molar-refractivity contribution is 5.81. The van der Waals surface area contributed by atoms with Crippen LogP contribution < -0.4 is 5.32 Å². The zero-order valence-corrected chi connectivity index (χ0v) is 12.3. The van der Waals surface area contributed by atoms with Crippen LogP contribution in [-0.2, 0) is 13.1 Å². The number of para-hydroxylation sites is 1. The normalized spacial score (nSPS) is 28.6. The van der Waals surface area contributed by atoms with Crippen molar-refractivity contribution in [3.63, 3.8) is 0 Å². The lowest BCUT2D eigenvalue weighted by Gasteiger charge is -2.24. The largest absolute Gasteiger partial charge is 0.343 e. The van der Waals surface area contributed by atoms with Crippen LogP contribution in [0.1, 0.15) is 31.4 Å². The Kier molecular flexibility index (Phi) is 3.07. The van der Waals surface area contributed by atoms with Crippen LogP contribution in [0.5, 0.6) is 0 Å². The minimum absolute atomic E-state index is 0.917. The van der Waals surface area contributed by atoms with Crippen molar-refractivity contribution in [1.82, 2.24) is 9.88 Å². The lowest BCUT2D eigenvalue weighted by Crippen LogP contribution is -2.20. The number of hydrogen-bond acceptors (Lipinski definition) is 1. The van der Waals surface area contributed by atoms with Gasteiger partial charge in [0.1, 0.15) is 0 Å². The molecule has 3 atom stereocenters. The van der Waals surface area contributed by atoms with Crippen molar-refractivity contribution in [3.8, 4) is 0 Å². The molecule has 2 heteroatoms. The Morgan fingerprint density at radius 2 is 2.10 bits per heavy atom. The van der Waals surface area contributed by atoms with E-state index < -0.39 is 0 Å². The van der Waals surface area contributed by atoms with Gasteiger partial charge in [0.25, 0.3) is 0 Å². The molecule has 2 aliphatic carbocycles. The number of nitrogens with one attached hydrogen (secondary N) is 1. The van der Waals surface area contributed by atoms with Crippen molar-refractivity contribution in [2.75, 3.05) is 7.05 Å². The van der Waals surface area contributed by atoms with Crippen molar-refractivity contribution in [1.29, 1.82) is 0 Å². The van der Waals surface area contributed by atoms with Crippen molar-refractivity contribution in [3.05, 3.63) is 36.0 Å². The maximum absolute atomic E-state index is 3.32. The molecule has 3 unspecified atom stereocenters. The van der Waals surface area contributed by atoms with Crippen molar-refractivity contribution >= 4 is 10.9 Å². The van der Waals surface area contributed by atoms with Crippen LogP contribution in [0.25, 0.3) is 10.9 Å². The first kappa shape index (κ1) is 12.5. The first-order valence-corrected chi connectivity index (χ1v) is 8.07. The lowest BCUT2D eigenvalue weighted by atomic mass is 9.89. The van der Waals surface area contributed by atoms with Gasteiger partial charge in [-0.3, -0.25) is 0 Å². The van der Waals surface area contributed by atoms with Gasteiger partial charge in [-0.05, 0) is 61.6 Å². The predicted octanol–water partition coefficient (Wildman–Crippen LogP) is 3.80. The Morgan fingerprint density at radius 3 is 2.85 bits per heavy atom. The van der Waals surface area contributed by atoms with Crippen molar-refractivity contribution in [2.24, 2.45) is 17.8 Å². The molecular formula is C18H24N2. The molecule has 106 valence electrons. The van der Waals surface area contributed by atoms with Crippen LogP contribution in [-0.4, -0.2) is 11.6 Å². The van der Waals surface area contributed by atoms with E-state index in [2.05, 4.69) is 40.2 Å². The van der Waals surface area contributed by atoms with Gasteiger partial charge in [0.15, 0.2) is 0 Å². The molecule has 0 amide bonds. The van der Waals surface area contributed by atoms with Crippen molar-refractivity contribution in [2.45, 2.75) is 38.8 Å². The molecule has 2 fully saturated rings. The Balaban J connectivity index is 1.68. The second kappa shape index (κ2) is 4.92. The average molecular weight is 268 g/mol. The maximum atomic E-state index is 3.32. The molecule has 2 aliphatic rings. The van der Waals surface area contributed by atoms with Gasteiger partial charge in [0.2, 0.25) is 0 Å². The van der Waals surface area contributed by atoms with Gasteiger partial charge in [-0.1, -0.05) is 24.6 Å². The summed E-state index contributed by atoms with van der Waals surface area (Å²) in [6.07, 6.45) is 5.95. The highest BCUT2D eigenvalue weighted by Gasteiger charge is 2.39. The van der Waals surface area contributed by atoms with Gasteiger partial charge in [0, 0.05) is 24.3 Å². The van der Waals surface area contributed by atoms with E-state index in [1.807, 2.05) is 7.05 Å². The van der Waals surface area contributed by atoms with Gasteiger partial charge < -0.3 is 9.88 Å². The summed E-state index contributed by atoms with van der Waals surface area (Å²) in [4.78, 5) is 0. The van der Waals surface area contributed by atoms with E-state index >= 15 is 0 Å². The summed E-state index contributed by atoms with van der Waals surface area (Å²) in [6.45, 7) is 2.20. The van der Waals surface area contributed by atoms with Gasteiger partial charge in [-0.25, -0.2) is 0 Å². The summed E-state index contributed by atoms with van der Waals surface area (Å²) in [6, 6.07) is 11.2. The summed E-state index contributed by atoms with van der Waals surface area (Å²) < 4.78 is 2.58. The number of nitrogens with zero attached hydrogens (tertiary/aromatic N) is 1. The van der Waals surface area contributed by atoms with Crippen LogP contribution in [0.3, 0.4) is 0 Å². The molecule has 0 aliphatic heterocycles. The second-order valence-corrected chi connectivity index (χ2v) is 6.77.